The van der Waals surface area contributed by atoms with E-state index in [4.69, 9.17) is 0 Å². The quantitative estimate of drug-likeness (QED) is 0.255. The van der Waals surface area contributed by atoms with Gasteiger partial charge in [0.2, 0.25) is 0 Å². The molecule has 2 nitrogen and oxygen atoms in total. The lowest BCUT2D eigenvalue weighted by Crippen LogP contribution is -2.67. The topological polar surface area (TPSA) is 6.48 Å². The molecule has 3 fully saturated rings. The van der Waals surface area contributed by atoms with Gasteiger partial charge in [0, 0.05) is 33.6 Å². The van der Waals surface area contributed by atoms with E-state index in [1.54, 1.807) is 38.9 Å². The number of fused-ring (bicyclic) bond motifs is 11. The molecule has 0 bridgehead atoms. The first-order chi connectivity index (χ1) is 20.6. The fourth-order valence-electron chi connectivity index (χ4n) is 12.7. The molecule has 3 heteroatoms. The van der Waals surface area contributed by atoms with E-state index in [1.807, 2.05) is 0 Å². The first kappa shape index (κ1) is 25.6. The molecule has 0 spiro atoms. The summed E-state index contributed by atoms with van der Waals surface area (Å²) in [6.07, 6.45) is 13.7. The Morgan fingerprint density at radius 1 is 0.651 bits per heavy atom. The Hall–Kier alpha value is -2.68. The molecule has 6 unspecified atom stereocenters. The second-order valence-electron chi connectivity index (χ2n) is 16.9. The predicted molar refractivity (Wildman–Crippen MR) is 182 cm³/mol. The molecular formula is C40H47BN2. The lowest BCUT2D eigenvalue weighted by molar-refractivity contribution is 0.0581. The molecule has 6 atom stereocenters. The minimum atomic E-state index is 0.1000. The van der Waals surface area contributed by atoms with Crippen LogP contribution in [-0.2, 0) is 10.8 Å². The third kappa shape index (κ3) is 2.67. The molecule has 4 heterocycles. The smallest absolute Gasteiger partial charge is 0.252 e. The van der Waals surface area contributed by atoms with Gasteiger partial charge in [-0.15, -0.1) is 0 Å². The van der Waals surface area contributed by atoms with Gasteiger partial charge >= 0.3 is 0 Å². The van der Waals surface area contributed by atoms with Crippen LogP contribution in [0.1, 0.15) is 114 Å². The molecule has 7 aliphatic rings. The maximum Gasteiger partial charge on any atom is 0.252 e. The van der Waals surface area contributed by atoms with Crippen molar-refractivity contribution in [2.75, 3.05) is 9.80 Å². The molecule has 0 aromatic heterocycles. The second-order valence-corrected chi connectivity index (χ2v) is 16.9. The van der Waals surface area contributed by atoms with Crippen LogP contribution in [-0.4, -0.2) is 17.8 Å². The van der Waals surface area contributed by atoms with Gasteiger partial charge in [0.05, 0.1) is 11.1 Å². The van der Waals surface area contributed by atoms with Gasteiger partial charge in [-0.2, -0.15) is 0 Å². The van der Waals surface area contributed by atoms with Crippen molar-refractivity contribution in [1.29, 1.82) is 0 Å². The van der Waals surface area contributed by atoms with Crippen LogP contribution in [0.25, 0.3) is 0 Å². The second kappa shape index (κ2) is 7.75. The summed E-state index contributed by atoms with van der Waals surface area (Å²) in [6, 6.07) is 17.8. The van der Waals surface area contributed by atoms with E-state index < -0.39 is 0 Å². The highest BCUT2D eigenvalue weighted by Crippen LogP contribution is 2.66. The summed E-state index contributed by atoms with van der Waals surface area (Å²) in [6.45, 7) is 15.6. The van der Waals surface area contributed by atoms with Gasteiger partial charge in [0.25, 0.3) is 6.71 Å². The molecule has 3 saturated carbocycles. The van der Waals surface area contributed by atoms with Gasteiger partial charge < -0.3 is 9.80 Å². The number of rotatable bonds is 0. The Bertz CT molecular complexity index is 1770. The molecule has 0 saturated heterocycles. The lowest BCUT2D eigenvalue weighted by Gasteiger charge is -2.57. The predicted octanol–water partition coefficient (Wildman–Crippen LogP) is 7.96. The maximum absolute atomic E-state index is 2.94. The standard InChI is InChI=1S/C40H47BN2/c1-24-18-28-35-30(20-24)41-31-21-25(2)19-29-36(31)43(40(6)23-27-13-8-7-12-26(27)22-38(29,40)4)33-15-11-14-32(34(33)41)42(35)39(5)17-10-9-16-37(28,39)3/h11,14-15,18-21,26-27H,7-10,12-13,16-17,22-23H2,1-6H3. The summed E-state index contributed by atoms with van der Waals surface area (Å²) >= 11 is 0. The third-order valence-corrected chi connectivity index (χ3v) is 15.0. The first-order valence-electron chi connectivity index (χ1n) is 17.6. The SMILES string of the molecule is Cc1cc2c3c(c1)C1(C)CCCCC1(C)N3c1cccc3c1B2c1cc(C)cc2c1N3C1(C)CC3CCCCC3CC21C. The number of hydrogen-bond donors (Lipinski definition) is 0. The summed E-state index contributed by atoms with van der Waals surface area (Å²) in [5.74, 6) is 1.76. The summed E-state index contributed by atoms with van der Waals surface area (Å²) < 4.78 is 0. The Morgan fingerprint density at radius 2 is 1.21 bits per heavy atom. The van der Waals surface area contributed by atoms with Crippen molar-refractivity contribution in [3.8, 4) is 0 Å². The molecule has 3 aromatic carbocycles. The van der Waals surface area contributed by atoms with Gasteiger partial charge in [-0.1, -0.05) is 93.8 Å². The monoisotopic (exact) mass is 566 g/mol. The zero-order valence-corrected chi connectivity index (χ0v) is 27.2. The molecule has 43 heavy (non-hydrogen) atoms. The zero-order chi connectivity index (χ0) is 29.3. The van der Waals surface area contributed by atoms with E-state index in [2.05, 4.69) is 93.8 Å². The van der Waals surface area contributed by atoms with Crippen LogP contribution in [0, 0.1) is 25.7 Å². The van der Waals surface area contributed by atoms with Crippen molar-refractivity contribution in [2.45, 2.75) is 128 Å². The number of benzene rings is 3. The van der Waals surface area contributed by atoms with Gasteiger partial charge in [0.1, 0.15) is 0 Å². The van der Waals surface area contributed by atoms with Crippen LogP contribution >= 0.6 is 0 Å². The third-order valence-electron chi connectivity index (χ3n) is 15.0. The summed E-state index contributed by atoms with van der Waals surface area (Å²) in [5, 5.41) is 0. The fraction of sp³-hybridized carbons (Fsp3) is 0.550. The van der Waals surface area contributed by atoms with Gasteiger partial charge in [-0.05, 0) is 105 Å². The maximum atomic E-state index is 2.94. The molecule has 4 aliphatic heterocycles. The Morgan fingerprint density at radius 3 is 1.86 bits per heavy atom. The van der Waals surface area contributed by atoms with Gasteiger partial charge in [0.15, 0.2) is 0 Å². The molecule has 10 rings (SSSR count). The normalized spacial score (nSPS) is 37.3. The summed E-state index contributed by atoms with van der Waals surface area (Å²) in [5.41, 5.74) is 17.7. The first-order valence-corrected chi connectivity index (χ1v) is 17.6. The minimum Gasteiger partial charge on any atom is -0.335 e. The highest BCUT2D eigenvalue weighted by molar-refractivity contribution is 7.00. The number of anilines is 4. The van der Waals surface area contributed by atoms with Crippen molar-refractivity contribution in [3.05, 3.63) is 64.7 Å². The van der Waals surface area contributed by atoms with Gasteiger partial charge in [-0.3, -0.25) is 0 Å². The van der Waals surface area contributed by atoms with Crippen LogP contribution in [0.5, 0.6) is 0 Å². The minimum absolute atomic E-state index is 0.1000. The molecule has 3 aliphatic carbocycles. The van der Waals surface area contributed by atoms with E-state index in [0.717, 1.165) is 11.8 Å². The molecule has 3 aromatic rings. The largest absolute Gasteiger partial charge is 0.335 e. The Labute approximate surface area is 259 Å². The average molecular weight is 567 g/mol. The van der Waals surface area contributed by atoms with Crippen molar-refractivity contribution < 1.29 is 0 Å². The lowest BCUT2D eigenvalue weighted by atomic mass is 9.33. The van der Waals surface area contributed by atoms with Crippen LogP contribution < -0.4 is 26.2 Å². The van der Waals surface area contributed by atoms with E-state index in [-0.39, 0.29) is 21.9 Å². The number of aryl methyl sites for hydroxylation is 2. The van der Waals surface area contributed by atoms with Crippen molar-refractivity contribution in [2.24, 2.45) is 11.8 Å². The van der Waals surface area contributed by atoms with Crippen molar-refractivity contribution >= 4 is 45.9 Å². The van der Waals surface area contributed by atoms with Gasteiger partial charge in [-0.25, -0.2) is 0 Å². The van der Waals surface area contributed by atoms with Crippen LogP contribution in [0.2, 0.25) is 0 Å². The highest BCUT2D eigenvalue weighted by atomic mass is 15.3. The molecule has 0 amide bonds. The fourth-order valence-corrected chi connectivity index (χ4v) is 12.7. The van der Waals surface area contributed by atoms with Crippen molar-refractivity contribution in [3.63, 3.8) is 0 Å². The van der Waals surface area contributed by atoms with E-state index in [9.17, 15) is 0 Å². The average Bonchev–Trinajstić information content (AvgIpc) is 3.31. The molecule has 220 valence electrons. The highest BCUT2D eigenvalue weighted by Gasteiger charge is 2.66. The summed E-state index contributed by atoms with van der Waals surface area (Å²) in [4.78, 5) is 5.83. The van der Waals surface area contributed by atoms with Crippen molar-refractivity contribution in [1.82, 2.24) is 0 Å². The Balaban J connectivity index is 1.31. The summed E-state index contributed by atoms with van der Waals surface area (Å²) in [7, 11) is 0. The van der Waals surface area contributed by atoms with E-state index in [1.165, 1.54) is 86.7 Å². The molecule has 0 radical (unpaired) electrons. The van der Waals surface area contributed by atoms with E-state index in [0.29, 0.717) is 6.71 Å². The van der Waals surface area contributed by atoms with Crippen LogP contribution in [0.15, 0.2) is 42.5 Å². The Kier molecular flexibility index (Phi) is 4.62. The number of hydrogen-bond acceptors (Lipinski definition) is 2. The molecular weight excluding hydrogens is 519 g/mol. The van der Waals surface area contributed by atoms with Crippen LogP contribution in [0.4, 0.5) is 22.7 Å². The zero-order valence-electron chi connectivity index (χ0n) is 27.2. The molecule has 0 N–H and O–H groups in total. The van der Waals surface area contributed by atoms with E-state index >= 15 is 0 Å². The number of nitrogens with zero attached hydrogens (tertiary/aromatic N) is 2. The van der Waals surface area contributed by atoms with Crippen LogP contribution in [0.3, 0.4) is 0 Å².